The average molecular weight is 263 g/mol. The van der Waals surface area contributed by atoms with Crippen LogP contribution in [-0.2, 0) is 11.3 Å². The summed E-state index contributed by atoms with van der Waals surface area (Å²) in [5.74, 6) is 0.0776. The minimum Gasteiger partial charge on any atom is -0.390 e. The van der Waals surface area contributed by atoms with Gasteiger partial charge in [-0.25, -0.2) is 0 Å². The Morgan fingerprint density at radius 3 is 3.00 bits per heavy atom. The molecule has 104 valence electrons. The van der Waals surface area contributed by atoms with Crippen molar-refractivity contribution >= 4 is 5.91 Å². The first-order chi connectivity index (χ1) is 9.19. The molecule has 1 atom stereocenters. The summed E-state index contributed by atoms with van der Waals surface area (Å²) in [7, 11) is 0. The number of carbonyl (C=O) groups excluding carboxylic acids is 1. The maximum atomic E-state index is 12.2. The number of hydrogen-bond donors (Lipinski definition) is 1. The van der Waals surface area contributed by atoms with Gasteiger partial charge < -0.3 is 10.0 Å². The zero-order valence-electron chi connectivity index (χ0n) is 11.3. The fourth-order valence-corrected chi connectivity index (χ4v) is 2.42. The van der Waals surface area contributed by atoms with E-state index < -0.39 is 6.10 Å². The molecule has 0 aliphatic carbocycles. The average Bonchev–Trinajstić information content (AvgIpc) is 2.51. The lowest BCUT2D eigenvalue weighted by atomic mass is 10.2. The Morgan fingerprint density at radius 2 is 2.32 bits per heavy atom. The Morgan fingerprint density at radius 1 is 1.47 bits per heavy atom. The molecule has 1 N–H and O–H groups in total. The SMILES string of the molecule is CCCN1CC(=O)N(Cc2cccnc2)CC(O)C1. The van der Waals surface area contributed by atoms with E-state index in [1.165, 1.54) is 0 Å². The van der Waals surface area contributed by atoms with Crippen molar-refractivity contribution in [3.05, 3.63) is 30.1 Å². The van der Waals surface area contributed by atoms with Gasteiger partial charge in [-0.05, 0) is 24.6 Å². The molecule has 0 radical (unpaired) electrons. The van der Waals surface area contributed by atoms with Gasteiger partial charge in [0.25, 0.3) is 0 Å². The van der Waals surface area contributed by atoms with Gasteiger partial charge in [-0.2, -0.15) is 0 Å². The number of aliphatic hydroxyl groups excluding tert-OH is 1. The second-order valence-corrected chi connectivity index (χ2v) is 5.02. The van der Waals surface area contributed by atoms with E-state index in [1.54, 1.807) is 17.3 Å². The summed E-state index contributed by atoms with van der Waals surface area (Å²) < 4.78 is 0. The van der Waals surface area contributed by atoms with Crippen molar-refractivity contribution in [1.29, 1.82) is 0 Å². The number of carbonyl (C=O) groups is 1. The van der Waals surface area contributed by atoms with Gasteiger partial charge in [-0.15, -0.1) is 0 Å². The zero-order chi connectivity index (χ0) is 13.7. The number of pyridine rings is 1. The highest BCUT2D eigenvalue weighted by molar-refractivity contribution is 5.78. The fourth-order valence-electron chi connectivity index (χ4n) is 2.42. The van der Waals surface area contributed by atoms with Gasteiger partial charge in [0, 0.05) is 32.0 Å². The summed E-state index contributed by atoms with van der Waals surface area (Å²) in [5, 5.41) is 10.0. The van der Waals surface area contributed by atoms with Crippen LogP contribution in [0.2, 0.25) is 0 Å². The highest BCUT2D eigenvalue weighted by Gasteiger charge is 2.26. The topological polar surface area (TPSA) is 56.7 Å². The van der Waals surface area contributed by atoms with Gasteiger partial charge in [-0.3, -0.25) is 14.7 Å². The minimum atomic E-state index is -0.477. The van der Waals surface area contributed by atoms with Gasteiger partial charge in [-0.1, -0.05) is 13.0 Å². The van der Waals surface area contributed by atoms with E-state index in [2.05, 4.69) is 11.9 Å². The van der Waals surface area contributed by atoms with Gasteiger partial charge in [0.15, 0.2) is 0 Å². The van der Waals surface area contributed by atoms with Crippen molar-refractivity contribution in [2.24, 2.45) is 0 Å². The molecule has 1 aliphatic rings. The molecule has 0 bridgehead atoms. The van der Waals surface area contributed by atoms with Crippen LogP contribution in [0.25, 0.3) is 0 Å². The van der Waals surface area contributed by atoms with Gasteiger partial charge in [0.05, 0.1) is 12.6 Å². The van der Waals surface area contributed by atoms with Crippen molar-refractivity contribution in [3.63, 3.8) is 0 Å². The maximum Gasteiger partial charge on any atom is 0.237 e. The largest absolute Gasteiger partial charge is 0.390 e. The van der Waals surface area contributed by atoms with Crippen molar-refractivity contribution in [2.75, 3.05) is 26.2 Å². The third kappa shape index (κ3) is 4.01. The molecule has 0 saturated carbocycles. The molecule has 2 rings (SSSR count). The van der Waals surface area contributed by atoms with Crippen LogP contribution in [-0.4, -0.2) is 58.1 Å². The second-order valence-electron chi connectivity index (χ2n) is 5.02. The number of nitrogens with zero attached hydrogens (tertiary/aromatic N) is 3. The Bertz CT molecular complexity index is 410. The van der Waals surface area contributed by atoms with Crippen LogP contribution in [0.4, 0.5) is 0 Å². The van der Waals surface area contributed by atoms with E-state index in [-0.39, 0.29) is 5.91 Å². The molecule has 5 heteroatoms. The second kappa shape index (κ2) is 6.63. The van der Waals surface area contributed by atoms with E-state index in [9.17, 15) is 9.90 Å². The quantitative estimate of drug-likeness (QED) is 0.859. The van der Waals surface area contributed by atoms with E-state index in [1.807, 2.05) is 17.0 Å². The maximum absolute atomic E-state index is 12.2. The first kappa shape index (κ1) is 14.0. The monoisotopic (exact) mass is 263 g/mol. The van der Waals surface area contributed by atoms with Crippen LogP contribution in [0.5, 0.6) is 0 Å². The minimum absolute atomic E-state index is 0.0776. The Kier molecular flexibility index (Phi) is 4.87. The molecule has 2 heterocycles. The van der Waals surface area contributed by atoms with E-state index >= 15 is 0 Å². The Hall–Kier alpha value is -1.46. The lowest BCUT2D eigenvalue weighted by Gasteiger charge is -2.21. The predicted molar refractivity (Wildman–Crippen MR) is 72.4 cm³/mol. The van der Waals surface area contributed by atoms with Gasteiger partial charge >= 0.3 is 0 Å². The molecule has 1 saturated heterocycles. The molecular formula is C14H21N3O2. The van der Waals surface area contributed by atoms with E-state index in [0.717, 1.165) is 18.5 Å². The molecule has 5 nitrogen and oxygen atoms in total. The number of amides is 1. The van der Waals surface area contributed by atoms with Crippen molar-refractivity contribution in [3.8, 4) is 0 Å². The summed E-state index contributed by atoms with van der Waals surface area (Å²) in [4.78, 5) is 20.0. The van der Waals surface area contributed by atoms with Crippen molar-refractivity contribution in [2.45, 2.75) is 26.0 Å². The molecule has 1 fully saturated rings. The molecule has 1 aliphatic heterocycles. The van der Waals surface area contributed by atoms with Crippen LogP contribution < -0.4 is 0 Å². The number of β-amino-alcohol motifs (C(OH)–C–C–N with tert-alkyl or cyclic N) is 1. The summed E-state index contributed by atoms with van der Waals surface area (Å²) in [6, 6.07) is 3.80. The first-order valence-corrected chi connectivity index (χ1v) is 6.76. The number of rotatable bonds is 4. The highest BCUT2D eigenvalue weighted by Crippen LogP contribution is 2.10. The third-order valence-corrected chi connectivity index (χ3v) is 3.25. The normalized spacial score (nSPS) is 21.5. The molecule has 0 aromatic carbocycles. The smallest absolute Gasteiger partial charge is 0.237 e. The lowest BCUT2D eigenvalue weighted by Crippen LogP contribution is -2.36. The first-order valence-electron chi connectivity index (χ1n) is 6.76. The predicted octanol–water partition coefficient (Wildman–Crippen LogP) is 0.497. The van der Waals surface area contributed by atoms with Crippen LogP contribution in [0.1, 0.15) is 18.9 Å². The zero-order valence-corrected chi connectivity index (χ0v) is 11.3. The molecular weight excluding hydrogens is 242 g/mol. The third-order valence-electron chi connectivity index (χ3n) is 3.25. The number of aliphatic hydroxyl groups is 1. The molecule has 1 aromatic heterocycles. The molecule has 1 unspecified atom stereocenters. The summed E-state index contributed by atoms with van der Waals surface area (Å²) >= 11 is 0. The Balaban J connectivity index is 2.02. The summed E-state index contributed by atoms with van der Waals surface area (Å²) in [5.41, 5.74) is 0.993. The molecule has 19 heavy (non-hydrogen) atoms. The lowest BCUT2D eigenvalue weighted by molar-refractivity contribution is -0.132. The van der Waals surface area contributed by atoms with E-state index in [0.29, 0.717) is 26.2 Å². The summed E-state index contributed by atoms with van der Waals surface area (Å²) in [6.07, 6.45) is 3.98. The molecule has 1 amide bonds. The van der Waals surface area contributed by atoms with Crippen LogP contribution in [0, 0.1) is 0 Å². The van der Waals surface area contributed by atoms with Crippen molar-refractivity contribution in [1.82, 2.24) is 14.8 Å². The standard InChI is InChI=1S/C14H21N3O2/c1-2-6-16-9-13(18)10-17(14(19)11-16)8-12-4-3-5-15-7-12/h3-5,7,13,18H,2,6,8-11H2,1H3. The van der Waals surface area contributed by atoms with E-state index in [4.69, 9.17) is 0 Å². The van der Waals surface area contributed by atoms with Gasteiger partial charge in [0.2, 0.25) is 5.91 Å². The fraction of sp³-hybridized carbons (Fsp3) is 0.571. The molecule has 0 spiro atoms. The van der Waals surface area contributed by atoms with Gasteiger partial charge in [0.1, 0.15) is 0 Å². The Labute approximate surface area is 113 Å². The van der Waals surface area contributed by atoms with Crippen LogP contribution >= 0.6 is 0 Å². The highest BCUT2D eigenvalue weighted by atomic mass is 16.3. The van der Waals surface area contributed by atoms with Crippen LogP contribution in [0.3, 0.4) is 0 Å². The number of hydrogen-bond acceptors (Lipinski definition) is 4. The summed E-state index contributed by atoms with van der Waals surface area (Å²) in [6.45, 7) is 4.81. The molecule has 1 aromatic rings. The van der Waals surface area contributed by atoms with Crippen LogP contribution in [0.15, 0.2) is 24.5 Å². The van der Waals surface area contributed by atoms with Crippen molar-refractivity contribution < 1.29 is 9.90 Å². The number of aromatic nitrogens is 1.